The van der Waals surface area contributed by atoms with E-state index in [0.29, 0.717) is 6.04 Å². The van der Waals surface area contributed by atoms with Crippen LogP contribution < -0.4 is 5.32 Å². The molecule has 0 spiro atoms. The summed E-state index contributed by atoms with van der Waals surface area (Å²) in [6.07, 6.45) is 0.987. The third-order valence-electron chi connectivity index (χ3n) is 3.85. The van der Waals surface area contributed by atoms with Crippen LogP contribution in [0.2, 0.25) is 5.02 Å². The molecular formula is C18H21BrClN. The van der Waals surface area contributed by atoms with Crippen molar-refractivity contribution < 1.29 is 0 Å². The van der Waals surface area contributed by atoms with Gasteiger partial charge in [-0.2, -0.15) is 0 Å². The van der Waals surface area contributed by atoms with Crippen LogP contribution in [0.1, 0.15) is 35.2 Å². The molecule has 112 valence electrons. The molecule has 3 heteroatoms. The SMILES string of the molecule is CCNC(Cc1c(C)cccc1C)c1ccc(Cl)c(Br)c1. The molecule has 0 aromatic heterocycles. The summed E-state index contributed by atoms with van der Waals surface area (Å²) in [7, 11) is 0. The van der Waals surface area contributed by atoms with Crippen LogP contribution in [0, 0.1) is 13.8 Å². The Labute approximate surface area is 140 Å². The molecule has 2 rings (SSSR count). The Bertz CT molecular complexity index is 604. The molecule has 0 heterocycles. The fraction of sp³-hybridized carbons (Fsp3) is 0.333. The van der Waals surface area contributed by atoms with E-state index >= 15 is 0 Å². The predicted molar refractivity (Wildman–Crippen MR) is 95.2 cm³/mol. The topological polar surface area (TPSA) is 12.0 Å². The van der Waals surface area contributed by atoms with Gasteiger partial charge >= 0.3 is 0 Å². The molecule has 0 saturated carbocycles. The summed E-state index contributed by atoms with van der Waals surface area (Å²) in [4.78, 5) is 0. The van der Waals surface area contributed by atoms with Crippen LogP contribution in [-0.2, 0) is 6.42 Å². The van der Waals surface area contributed by atoms with Crippen molar-refractivity contribution in [2.45, 2.75) is 33.2 Å². The number of benzene rings is 2. The van der Waals surface area contributed by atoms with E-state index in [2.05, 4.69) is 72.3 Å². The molecule has 1 nitrogen and oxygen atoms in total. The number of likely N-dealkylation sites (N-methyl/N-ethyl adjacent to an activating group) is 1. The van der Waals surface area contributed by atoms with Crippen molar-refractivity contribution in [3.8, 4) is 0 Å². The van der Waals surface area contributed by atoms with Crippen molar-refractivity contribution >= 4 is 27.5 Å². The Kier molecular flexibility index (Phi) is 5.86. The normalized spacial score (nSPS) is 12.4. The zero-order valence-electron chi connectivity index (χ0n) is 12.7. The summed E-state index contributed by atoms with van der Waals surface area (Å²) in [5.74, 6) is 0. The predicted octanol–water partition coefficient (Wildman–Crippen LogP) is 5.61. The van der Waals surface area contributed by atoms with Gasteiger partial charge in [-0.3, -0.25) is 0 Å². The van der Waals surface area contributed by atoms with E-state index in [1.165, 1.54) is 22.3 Å². The van der Waals surface area contributed by atoms with Crippen LogP contribution in [-0.4, -0.2) is 6.54 Å². The van der Waals surface area contributed by atoms with Gasteiger partial charge in [0.2, 0.25) is 0 Å². The van der Waals surface area contributed by atoms with Gasteiger partial charge in [0.25, 0.3) is 0 Å². The minimum atomic E-state index is 0.295. The smallest absolute Gasteiger partial charge is 0.0548 e. The van der Waals surface area contributed by atoms with Gasteiger partial charge in [0, 0.05) is 10.5 Å². The maximum absolute atomic E-state index is 6.11. The highest BCUT2D eigenvalue weighted by molar-refractivity contribution is 9.10. The molecule has 0 radical (unpaired) electrons. The van der Waals surface area contributed by atoms with Crippen LogP contribution in [0.5, 0.6) is 0 Å². The van der Waals surface area contributed by atoms with Crippen LogP contribution in [0.4, 0.5) is 0 Å². The van der Waals surface area contributed by atoms with Gasteiger partial charge in [-0.05, 0) is 77.1 Å². The van der Waals surface area contributed by atoms with E-state index in [0.717, 1.165) is 22.5 Å². The Balaban J connectivity index is 2.33. The third-order valence-corrected chi connectivity index (χ3v) is 5.06. The Morgan fingerprint density at radius 3 is 2.38 bits per heavy atom. The van der Waals surface area contributed by atoms with Gasteiger partial charge in [0.05, 0.1) is 5.02 Å². The van der Waals surface area contributed by atoms with E-state index in [1.807, 2.05) is 6.07 Å². The van der Waals surface area contributed by atoms with E-state index in [-0.39, 0.29) is 0 Å². The van der Waals surface area contributed by atoms with Crippen molar-refractivity contribution in [3.63, 3.8) is 0 Å². The highest BCUT2D eigenvalue weighted by Gasteiger charge is 2.15. The first-order valence-corrected chi connectivity index (χ1v) is 8.43. The van der Waals surface area contributed by atoms with Gasteiger partial charge in [-0.25, -0.2) is 0 Å². The lowest BCUT2D eigenvalue weighted by molar-refractivity contribution is 0.547. The first kappa shape index (κ1) is 16.5. The van der Waals surface area contributed by atoms with Crippen LogP contribution in [0.15, 0.2) is 40.9 Å². The summed E-state index contributed by atoms with van der Waals surface area (Å²) in [5.41, 5.74) is 5.39. The molecule has 0 bridgehead atoms. The maximum atomic E-state index is 6.11. The zero-order valence-corrected chi connectivity index (χ0v) is 15.1. The van der Waals surface area contributed by atoms with Gasteiger partial charge in [0.15, 0.2) is 0 Å². The van der Waals surface area contributed by atoms with Crippen molar-refractivity contribution in [2.75, 3.05) is 6.54 Å². The molecular weight excluding hydrogens is 346 g/mol. The number of rotatable bonds is 5. The molecule has 1 unspecified atom stereocenters. The second kappa shape index (κ2) is 7.44. The standard InChI is InChI=1S/C18H21BrClN/c1-4-21-18(14-8-9-17(20)16(19)10-14)11-15-12(2)6-5-7-13(15)3/h5-10,18,21H,4,11H2,1-3H3. The molecule has 0 aliphatic heterocycles. The van der Waals surface area contributed by atoms with Gasteiger partial charge in [-0.1, -0.05) is 42.8 Å². The number of aryl methyl sites for hydroxylation is 2. The average molecular weight is 367 g/mol. The van der Waals surface area contributed by atoms with Crippen molar-refractivity contribution in [1.82, 2.24) is 5.32 Å². The minimum Gasteiger partial charge on any atom is -0.310 e. The van der Waals surface area contributed by atoms with Gasteiger partial charge < -0.3 is 5.32 Å². The fourth-order valence-corrected chi connectivity index (χ4v) is 3.17. The highest BCUT2D eigenvalue weighted by atomic mass is 79.9. The second-order valence-electron chi connectivity index (χ2n) is 5.36. The van der Waals surface area contributed by atoms with E-state index < -0.39 is 0 Å². The summed E-state index contributed by atoms with van der Waals surface area (Å²) < 4.78 is 0.950. The summed E-state index contributed by atoms with van der Waals surface area (Å²) in [6.45, 7) is 7.45. The molecule has 2 aromatic carbocycles. The number of hydrogen-bond donors (Lipinski definition) is 1. The number of halogens is 2. The molecule has 0 amide bonds. The lowest BCUT2D eigenvalue weighted by Gasteiger charge is -2.21. The van der Waals surface area contributed by atoms with E-state index in [9.17, 15) is 0 Å². The van der Waals surface area contributed by atoms with E-state index in [4.69, 9.17) is 11.6 Å². The van der Waals surface area contributed by atoms with Crippen LogP contribution in [0.3, 0.4) is 0 Å². The second-order valence-corrected chi connectivity index (χ2v) is 6.62. The molecule has 0 aliphatic carbocycles. The number of hydrogen-bond acceptors (Lipinski definition) is 1. The molecule has 0 saturated heterocycles. The first-order chi connectivity index (χ1) is 10.0. The molecule has 2 aromatic rings. The Hall–Kier alpha value is -0.830. The van der Waals surface area contributed by atoms with Crippen molar-refractivity contribution in [2.24, 2.45) is 0 Å². The number of nitrogens with one attached hydrogen (secondary N) is 1. The molecule has 0 aliphatic rings. The van der Waals surface area contributed by atoms with E-state index in [1.54, 1.807) is 0 Å². The minimum absolute atomic E-state index is 0.295. The Morgan fingerprint density at radius 1 is 1.14 bits per heavy atom. The monoisotopic (exact) mass is 365 g/mol. The maximum Gasteiger partial charge on any atom is 0.0548 e. The van der Waals surface area contributed by atoms with Crippen LogP contribution in [0.25, 0.3) is 0 Å². The first-order valence-electron chi connectivity index (χ1n) is 7.26. The third kappa shape index (κ3) is 4.09. The Morgan fingerprint density at radius 2 is 1.81 bits per heavy atom. The van der Waals surface area contributed by atoms with Gasteiger partial charge in [0.1, 0.15) is 0 Å². The zero-order chi connectivity index (χ0) is 15.4. The lowest BCUT2D eigenvalue weighted by atomic mass is 9.93. The molecule has 0 fully saturated rings. The molecule has 21 heavy (non-hydrogen) atoms. The average Bonchev–Trinajstić information content (AvgIpc) is 2.45. The summed E-state index contributed by atoms with van der Waals surface area (Å²) in [5, 5.41) is 4.34. The lowest BCUT2D eigenvalue weighted by Crippen LogP contribution is -2.23. The largest absolute Gasteiger partial charge is 0.310 e. The summed E-state index contributed by atoms with van der Waals surface area (Å²) in [6, 6.07) is 13.0. The van der Waals surface area contributed by atoms with Crippen molar-refractivity contribution in [1.29, 1.82) is 0 Å². The van der Waals surface area contributed by atoms with Crippen molar-refractivity contribution in [3.05, 3.63) is 68.1 Å². The van der Waals surface area contributed by atoms with Gasteiger partial charge in [-0.15, -0.1) is 0 Å². The fourth-order valence-electron chi connectivity index (χ4n) is 2.66. The molecule has 1 N–H and O–H groups in total. The van der Waals surface area contributed by atoms with Crippen LogP contribution >= 0.6 is 27.5 Å². The summed E-state index contributed by atoms with van der Waals surface area (Å²) >= 11 is 9.63. The highest BCUT2D eigenvalue weighted by Crippen LogP contribution is 2.29. The molecule has 1 atom stereocenters. The quantitative estimate of drug-likeness (QED) is 0.725.